The summed E-state index contributed by atoms with van der Waals surface area (Å²) >= 11 is 0. The van der Waals surface area contributed by atoms with E-state index in [1.807, 2.05) is 128 Å². The molecule has 3 aromatic heterocycles. The molecule has 5 aromatic carbocycles. The molecule has 3 heterocycles. The molecule has 8 aromatic rings. The van der Waals surface area contributed by atoms with Gasteiger partial charge in [-0.1, -0.05) is 97.1 Å². The van der Waals surface area contributed by atoms with Crippen LogP contribution in [0.25, 0.3) is 43.5 Å². The van der Waals surface area contributed by atoms with E-state index >= 15 is 0 Å². The number of H-pyrrole nitrogens is 3. The predicted octanol–water partition coefficient (Wildman–Crippen LogP) is 4.82. The van der Waals surface area contributed by atoms with Gasteiger partial charge in [-0.3, -0.25) is 19.2 Å². The molecule has 12 heteroatoms. The normalized spacial score (nSPS) is 13.6. The second-order valence-electron chi connectivity index (χ2n) is 14.8. The number of rotatable bonds is 15. The van der Waals surface area contributed by atoms with Crippen molar-refractivity contribution in [2.45, 2.75) is 49.9 Å². The number of amides is 4. The summed E-state index contributed by atoms with van der Waals surface area (Å²) in [5, 5.41) is 13.4. The van der Waals surface area contributed by atoms with Crippen molar-refractivity contribution in [3.63, 3.8) is 0 Å². The van der Waals surface area contributed by atoms with Gasteiger partial charge in [-0.25, -0.2) is 0 Å². The van der Waals surface area contributed by atoms with Crippen LogP contribution in [0, 0.1) is 0 Å². The maximum atomic E-state index is 14.5. The van der Waals surface area contributed by atoms with E-state index in [2.05, 4.69) is 30.9 Å². The molecule has 12 nitrogen and oxygen atoms in total. The topological polar surface area (TPSA) is 204 Å². The number of primary amides is 1. The molecule has 0 unspecified atom stereocenters. The van der Waals surface area contributed by atoms with Crippen molar-refractivity contribution in [1.82, 2.24) is 30.9 Å². The van der Waals surface area contributed by atoms with Gasteiger partial charge < -0.3 is 42.4 Å². The third kappa shape index (κ3) is 8.18. The average molecular weight is 773 g/mol. The van der Waals surface area contributed by atoms with E-state index in [-0.39, 0.29) is 25.7 Å². The standard InChI is InChI=1S/C46H44N8O4/c47-36(21-30-24-49-37-14-6-3-11-33(30)37)44(56)53-41(22-31-25-50-38-15-7-4-12-34(31)38)46(58)54-42(23-32-26-51-39-16-8-5-13-35(32)39)45(57)52-40(43(48)55)20-27-17-18-28-9-1-2-10-29(28)19-27/h1-19,24-26,36,40-42,49-51H,20-23,47H2,(H2,48,55)(H,52,57)(H,53,56)(H,54,58)/t36-,40+,41+,42+/m1/s1. The van der Waals surface area contributed by atoms with Crippen LogP contribution in [-0.4, -0.2) is 62.7 Å². The summed E-state index contributed by atoms with van der Waals surface area (Å²) in [6.07, 6.45) is 6.00. The second kappa shape index (κ2) is 16.5. The summed E-state index contributed by atoms with van der Waals surface area (Å²) in [6, 6.07) is 32.4. The minimum absolute atomic E-state index is 0.0802. The van der Waals surface area contributed by atoms with E-state index in [4.69, 9.17) is 11.5 Å². The molecule has 0 aliphatic rings. The van der Waals surface area contributed by atoms with Crippen LogP contribution in [0.4, 0.5) is 0 Å². The SMILES string of the molecule is NC(=O)[C@H](Cc1ccc2ccccc2c1)NC(=O)[C@H](Cc1c[nH]c2ccccc12)NC(=O)[C@H](Cc1c[nH]c2ccccc12)NC(=O)[C@H](N)Cc1c[nH]c2ccccc12. The summed E-state index contributed by atoms with van der Waals surface area (Å²) in [4.78, 5) is 65.3. The fraction of sp³-hybridized carbons (Fsp3) is 0.174. The van der Waals surface area contributed by atoms with E-state index < -0.39 is 47.8 Å². The molecule has 0 saturated carbocycles. The molecule has 58 heavy (non-hydrogen) atoms. The number of nitrogens with one attached hydrogen (secondary N) is 6. The number of fused-ring (bicyclic) bond motifs is 4. The molecule has 4 amide bonds. The molecule has 292 valence electrons. The Morgan fingerprint density at radius 1 is 0.483 bits per heavy atom. The second-order valence-corrected chi connectivity index (χ2v) is 14.8. The maximum Gasteiger partial charge on any atom is 0.243 e. The Morgan fingerprint density at radius 3 is 1.43 bits per heavy atom. The highest BCUT2D eigenvalue weighted by atomic mass is 16.2. The Balaban J connectivity index is 1.07. The first kappa shape index (κ1) is 37.7. The lowest BCUT2D eigenvalue weighted by molar-refractivity contribution is -0.133. The minimum Gasteiger partial charge on any atom is -0.368 e. The van der Waals surface area contributed by atoms with Crippen LogP contribution in [-0.2, 0) is 44.9 Å². The zero-order chi connectivity index (χ0) is 40.2. The van der Waals surface area contributed by atoms with Gasteiger partial charge in [0.2, 0.25) is 23.6 Å². The number of para-hydroxylation sites is 3. The first-order valence-corrected chi connectivity index (χ1v) is 19.3. The van der Waals surface area contributed by atoms with Crippen molar-refractivity contribution in [3.05, 3.63) is 156 Å². The van der Waals surface area contributed by atoms with Crippen LogP contribution < -0.4 is 27.4 Å². The molecule has 0 spiro atoms. The smallest absolute Gasteiger partial charge is 0.243 e. The van der Waals surface area contributed by atoms with Gasteiger partial charge >= 0.3 is 0 Å². The molecule has 10 N–H and O–H groups in total. The summed E-state index contributed by atoms with van der Waals surface area (Å²) in [6.45, 7) is 0. The highest BCUT2D eigenvalue weighted by molar-refractivity contribution is 5.96. The first-order valence-electron chi connectivity index (χ1n) is 19.3. The zero-order valence-electron chi connectivity index (χ0n) is 31.6. The van der Waals surface area contributed by atoms with Crippen molar-refractivity contribution in [2.75, 3.05) is 0 Å². The lowest BCUT2D eigenvalue weighted by Gasteiger charge is -2.25. The Kier molecular flexibility index (Phi) is 10.7. The van der Waals surface area contributed by atoms with Crippen molar-refractivity contribution < 1.29 is 19.2 Å². The van der Waals surface area contributed by atoms with E-state index in [0.29, 0.717) is 0 Å². The third-order valence-corrected chi connectivity index (χ3v) is 10.8. The van der Waals surface area contributed by atoms with Gasteiger partial charge in [-0.05, 0) is 57.6 Å². The van der Waals surface area contributed by atoms with Crippen molar-refractivity contribution in [3.8, 4) is 0 Å². The summed E-state index contributed by atoms with van der Waals surface area (Å²) in [7, 11) is 0. The Morgan fingerprint density at radius 2 is 0.914 bits per heavy atom. The maximum absolute atomic E-state index is 14.5. The molecular formula is C46H44N8O4. The molecule has 8 rings (SSSR count). The van der Waals surface area contributed by atoms with E-state index in [0.717, 1.165) is 65.7 Å². The number of hydrogen-bond donors (Lipinski definition) is 8. The van der Waals surface area contributed by atoms with Gasteiger partial charge in [0.1, 0.15) is 18.1 Å². The average Bonchev–Trinajstić information content (AvgIpc) is 3.97. The van der Waals surface area contributed by atoms with Crippen molar-refractivity contribution in [2.24, 2.45) is 11.5 Å². The number of benzene rings is 5. The molecule has 0 fully saturated rings. The highest BCUT2D eigenvalue weighted by Crippen LogP contribution is 2.23. The van der Waals surface area contributed by atoms with Crippen LogP contribution in [0.5, 0.6) is 0 Å². The van der Waals surface area contributed by atoms with E-state index in [9.17, 15) is 19.2 Å². The molecule has 0 radical (unpaired) electrons. The Bertz CT molecular complexity index is 2780. The predicted molar refractivity (Wildman–Crippen MR) is 227 cm³/mol. The number of nitrogens with two attached hydrogens (primary N) is 2. The number of hydrogen-bond acceptors (Lipinski definition) is 5. The van der Waals surface area contributed by atoms with Gasteiger partial charge in [-0.2, -0.15) is 0 Å². The summed E-state index contributed by atoms with van der Waals surface area (Å²) < 4.78 is 0. The van der Waals surface area contributed by atoms with Crippen LogP contribution in [0.3, 0.4) is 0 Å². The molecule has 0 aliphatic heterocycles. The number of carbonyl (C=O) groups is 4. The van der Waals surface area contributed by atoms with Crippen LogP contribution in [0.15, 0.2) is 134 Å². The van der Waals surface area contributed by atoms with E-state index in [1.165, 1.54) is 0 Å². The fourth-order valence-corrected chi connectivity index (χ4v) is 7.74. The first-order chi connectivity index (χ1) is 28.2. The van der Waals surface area contributed by atoms with Crippen LogP contribution in [0.2, 0.25) is 0 Å². The monoisotopic (exact) mass is 772 g/mol. The van der Waals surface area contributed by atoms with Crippen molar-refractivity contribution >= 4 is 67.1 Å². The lowest BCUT2D eigenvalue weighted by atomic mass is 9.99. The van der Waals surface area contributed by atoms with Gasteiger partial charge in [-0.15, -0.1) is 0 Å². The molecule has 0 saturated heterocycles. The minimum atomic E-state index is -1.16. The van der Waals surface area contributed by atoms with E-state index in [1.54, 1.807) is 6.20 Å². The molecule has 0 aliphatic carbocycles. The van der Waals surface area contributed by atoms with Crippen molar-refractivity contribution in [1.29, 1.82) is 0 Å². The largest absolute Gasteiger partial charge is 0.368 e. The lowest BCUT2D eigenvalue weighted by Crippen LogP contribution is -2.58. The van der Waals surface area contributed by atoms with Gasteiger partial charge in [0, 0.05) is 70.6 Å². The zero-order valence-corrected chi connectivity index (χ0v) is 31.6. The van der Waals surface area contributed by atoms with Gasteiger partial charge in [0.05, 0.1) is 6.04 Å². The summed E-state index contributed by atoms with van der Waals surface area (Å²) in [5.74, 6) is -2.43. The fourth-order valence-electron chi connectivity index (χ4n) is 7.74. The molecule has 0 bridgehead atoms. The molecular weight excluding hydrogens is 729 g/mol. The third-order valence-electron chi connectivity index (χ3n) is 10.8. The Hall–Kier alpha value is -7.18. The van der Waals surface area contributed by atoms with Crippen LogP contribution >= 0.6 is 0 Å². The van der Waals surface area contributed by atoms with Gasteiger partial charge in [0.25, 0.3) is 0 Å². The number of carbonyl (C=O) groups excluding carboxylic acids is 4. The summed E-state index contributed by atoms with van der Waals surface area (Å²) in [5.41, 5.74) is 18.3. The molecule has 4 atom stereocenters. The Labute approximate surface area is 333 Å². The number of aromatic nitrogens is 3. The van der Waals surface area contributed by atoms with Gasteiger partial charge in [0.15, 0.2) is 0 Å². The number of aromatic amines is 3. The van der Waals surface area contributed by atoms with Crippen LogP contribution in [0.1, 0.15) is 22.3 Å². The quantitative estimate of drug-likeness (QED) is 0.0737. The highest BCUT2D eigenvalue weighted by Gasteiger charge is 2.32.